The van der Waals surface area contributed by atoms with E-state index >= 15 is 0 Å². The van der Waals surface area contributed by atoms with E-state index in [-0.39, 0.29) is 12.4 Å². The molecule has 0 saturated carbocycles. The highest BCUT2D eigenvalue weighted by Gasteiger charge is 2.52. The summed E-state index contributed by atoms with van der Waals surface area (Å²) in [6.07, 6.45) is -0.457. The van der Waals surface area contributed by atoms with E-state index in [2.05, 4.69) is 0 Å². The molecule has 3 rings (SSSR count). The van der Waals surface area contributed by atoms with Gasteiger partial charge in [0.1, 0.15) is 6.61 Å². The third-order valence-corrected chi connectivity index (χ3v) is 6.93. The molecule has 1 fully saturated rings. The Hall–Kier alpha value is -2.71. The Morgan fingerprint density at radius 1 is 1.07 bits per heavy atom. The summed E-state index contributed by atoms with van der Waals surface area (Å²) >= 11 is 0. The van der Waals surface area contributed by atoms with Gasteiger partial charge >= 0.3 is 5.97 Å². The largest absolute Gasteiger partial charge is 0.461 e. The second-order valence-corrected chi connectivity index (χ2v) is 8.96. The lowest BCUT2D eigenvalue weighted by Gasteiger charge is -2.45. The van der Waals surface area contributed by atoms with Crippen LogP contribution in [0.15, 0.2) is 60.7 Å². The molecule has 2 aromatic rings. The van der Waals surface area contributed by atoms with Gasteiger partial charge in [0.2, 0.25) is 15.9 Å². The molecule has 1 amide bonds. The van der Waals surface area contributed by atoms with Crippen molar-refractivity contribution in [3.8, 4) is 0 Å². The summed E-state index contributed by atoms with van der Waals surface area (Å²) in [5.41, 5.74) is 1.22. The van der Waals surface area contributed by atoms with Crippen molar-refractivity contribution in [3.05, 3.63) is 71.8 Å². The lowest BCUT2D eigenvalue weighted by Crippen LogP contribution is -2.64. The second kappa shape index (κ2) is 9.40. The lowest BCUT2D eigenvalue weighted by molar-refractivity contribution is -0.165. The third kappa shape index (κ3) is 4.55. The minimum absolute atomic E-state index is 0.205. The predicted octanol–water partition coefficient (Wildman–Crippen LogP) is 2.68. The fourth-order valence-electron chi connectivity index (χ4n) is 3.64. The van der Waals surface area contributed by atoms with Gasteiger partial charge in [0, 0.05) is 7.11 Å². The number of rotatable bonds is 9. The van der Waals surface area contributed by atoms with Gasteiger partial charge in [0.15, 0.2) is 6.10 Å². The number of hydrogen-bond donors (Lipinski definition) is 0. The molecule has 0 N–H and O–H groups in total. The summed E-state index contributed by atoms with van der Waals surface area (Å²) in [6, 6.07) is 16.8. The Balaban J connectivity index is 1.71. The summed E-state index contributed by atoms with van der Waals surface area (Å²) in [4.78, 5) is 25.0. The molecule has 3 atom stereocenters. The fraction of sp³-hybridized carbons (Fsp3) is 0.364. The molecule has 160 valence electrons. The number of esters is 1. The van der Waals surface area contributed by atoms with Crippen molar-refractivity contribution < 1.29 is 27.5 Å². The Morgan fingerprint density at radius 2 is 1.67 bits per heavy atom. The molecule has 30 heavy (non-hydrogen) atoms. The van der Waals surface area contributed by atoms with Crippen molar-refractivity contribution in [1.82, 2.24) is 4.31 Å². The molecular weight excluding hydrogens is 406 g/mol. The average Bonchev–Trinajstić information content (AvgIpc) is 2.72. The van der Waals surface area contributed by atoms with Crippen LogP contribution in [0.25, 0.3) is 0 Å². The summed E-state index contributed by atoms with van der Waals surface area (Å²) in [7, 11) is -2.48. The smallest absolute Gasteiger partial charge is 0.339 e. The highest BCUT2D eigenvalue weighted by molar-refractivity contribution is 7.89. The van der Waals surface area contributed by atoms with Crippen LogP contribution in [0.5, 0.6) is 0 Å². The van der Waals surface area contributed by atoms with Crippen LogP contribution in [0, 0.1) is 5.92 Å². The van der Waals surface area contributed by atoms with E-state index in [0.29, 0.717) is 17.5 Å². The zero-order valence-corrected chi connectivity index (χ0v) is 17.7. The standard InChI is InChI=1S/C22H25NO6S/c1-3-18-19(14-29-22(25)20(28-2)17-12-8-5-9-13-17)23(21(18)24)30(26,27)15-16-10-6-4-7-11-16/h4-13,18-20H,3,14-15H2,1-2H3/t18?,19-,20-/m1/s1. The van der Waals surface area contributed by atoms with Crippen molar-refractivity contribution in [2.75, 3.05) is 13.7 Å². The zero-order chi connectivity index (χ0) is 21.7. The molecule has 0 aliphatic carbocycles. The molecule has 0 bridgehead atoms. The number of ether oxygens (including phenoxy) is 2. The average molecular weight is 432 g/mol. The van der Waals surface area contributed by atoms with Crippen molar-refractivity contribution in [1.29, 1.82) is 0 Å². The van der Waals surface area contributed by atoms with Crippen LogP contribution in [0.3, 0.4) is 0 Å². The lowest BCUT2D eigenvalue weighted by atomic mass is 9.88. The van der Waals surface area contributed by atoms with Crippen molar-refractivity contribution in [2.24, 2.45) is 5.92 Å². The highest BCUT2D eigenvalue weighted by Crippen LogP contribution is 2.34. The number of carbonyl (C=O) groups excluding carboxylic acids is 2. The molecule has 1 heterocycles. The number of carbonyl (C=O) groups is 2. The maximum absolute atomic E-state index is 12.9. The molecular formula is C22H25NO6S. The molecule has 8 heteroatoms. The van der Waals surface area contributed by atoms with Gasteiger partial charge in [-0.05, 0) is 17.5 Å². The topological polar surface area (TPSA) is 90.0 Å². The number of hydrogen-bond acceptors (Lipinski definition) is 6. The van der Waals surface area contributed by atoms with Gasteiger partial charge < -0.3 is 9.47 Å². The maximum Gasteiger partial charge on any atom is 0.339 e. The molecule has 1 aliphatic rings. The van der Waals surface area contributed by atoms with Crippen molar-refractivity contribution in [2.45, 2.75) is 31.2 Å². The maximum atomic E-state index is 12.9. The monoisotopic (exact) mass is 431 g/mol. The molecule has 2 aromatic carbocycles. The Morgan fingerprint density at radius 3 is 2.23 bits per heavy atom. The highest BCUT2D eigenvalue weighted by atomic mass is 32.2. The van der Waals surface area contributed by atoms with E-state index in [1.165, 1.54) is 7.11 Å². The number of β-lactam (4-membered cyclic amide) rings is 1. The first kappa shape index (κ1) is 22.0. The molecule has 1 unspecified atom stereocenters. The molecule has 0 radical (unpaired) electrons. The van der Waals surface area contributed by atoms with Gasteiger partial charge in [-0.2, -0.15) is 0 Å². The van der Waals surface area contributed by atoms with Gasteiger partial charge in [-0.15, -0.1) is 0 Å². The normalized spacial score (nSPS) is 19.8. The third-order valence-electron chi connectivity index (χ3n) is 5.18. The Bertz CT molecular complexity index is 977. The van der Waals surface area contributed by atoms with Crippen LogP contribution in [0.2, 0.25) is 0 Å². The van der Waals surface area contributed by atoms with Crippen LogP contribution >= 0.6 is 0 Å². The van der Waals surface area contributed by atoms with E-state index in [1.54, 1.807) is 61.5 Å². The van der Waals surface area contributed by atoms with Crippen LogP contribution in [-0.2, 0) is 34.8 Å². The van der Waals surface area contributed by atoms with Crippen molar-refractivity contribution >= 4 is 21.9 Å². The Labute approximate surface area is 176 Å². The van der Waals surface area contributed by atoms with Crippen LogP contribution in [0.4, 0.5) is 0 Å². The van der Waals surface area contributed by atoms with Crippen LogP contribution < -0.4 is 0 Å². The minimum atomic E-state index is -3.88. The summed E-state index contributed by atoms with van der Waals surface area (Å²) in [5, 5.41) is 0. The minimum Gasteiger partial charge on any atom is -0.461 e. The van der Waals surface area contributed by atoms with Crippen LogP contribution in [-0.4, -0.2) is 44.4 Å². The van der Waals surface area contributed by atoms with Gasteiger partial charge in [-0.25, -0.2) is 17.5 Å². The summed E-state index contributed by atoms with van der Waals surface area (Å²) < 4.78 is 37.2. The molecule has 0 aromatic heterocycles. The number of benzene rings is 2. The molecule has 1 aliphatic heterocycles. The van der Waals surface area contributed by atoms with Gasteiger partial charge in [0.25, 0.3) is 0 Å². The van der Waals surface area contributed by atoms with Gasteiger partial charge in [-0.3, -0.25) is 4.79 Å². The molecule has 0 spiro atoms. The second-order valence-electron chi connectivity index (χ2n) is 7.11. The predicted molar refractivity (Wildman–Crippen MR) is 111 cm³/mol. The van der Waals surface area contributed by atoms with Crippen molar-refractivity contribution in [3.63, 3.8) is 0 Å². The van der Waals surface area contributed by atoms with Crippen LogP contribution in [0.1, 0.15) is 30.6 Å². The first-order valence-electron chi connectivity index (χ1n) is 9.73. The fourth-order valence-corrected chi connectivity index (χ4v) is 5.42. The van der Waals surface area contributed by atoms with E-state index < -0.39 is 40.0 Å². The Kier molecular flexibility index (Phi) is 6.89. The number of amides is 1. The summed E-state index contributed by atoms with van der Waals surface area (Å²) in [5.74, 6) is -1.87. The SMILES string of the molecule is CCC1C(=O)N(S(=O)(=O)Cc2ccccc2)[C@@H]1COC(=O)[C@H](OC)c1ccccc1. The zero-order valence-electron chi connectivity index (χ0n) is 16.9. The number of nitrogens with zero attached hydrogens (tertiary/aromatic N) is 1. The molecule has 7 nitrogen and oxygen atoms in total. The number of methoxy groups -OCH3 is 1. The van der Waals surface area contributed by atoms with E-state index in [1.807, 2.05) is 6.07 Å². The van der Waals surface area contributed by atoms with E-state index in [4.69, 9.17) is 9.47 Å². The first-order chi connectivity index (χ1) is 14.4. The summed E-state index contributed by atoms with van der Waals surface area (Å²) in [6.45, 7) is 1.60. The molecule has 1 saturated heterocycles. The van der Waals surface area contributed by atoms with E-state index in [0.717, 1.165) is 4.31 Å². The van der Waals surface area contributed by atoms with Gasteiger partial charge in [0.05, 0.1) is 17.7 Å². The quantitative estimate of drug-likeness (QED) is 0.448. The first-order valence-corrected chi connectivity index (χ1v) is 11.3. The van der Waals surface area contributed by atoms with E-state index in [9.17, 15) is 18.0 Å². The number of sulfonamides is 1. The van der Waals surface area contributed by atoms with Gasteiger partial charge in [-0.1, -0.05) is 67.6 Å².